The van der Waals surface area contributed by atoms with E-state index in [4.69, 9.17) is 3.63 Å². The summed E-state index contributed by atoms with van der Waals surface area (Å²) in [4.78, 5) is 0. The molecule has 0 rings (SSSR count). The van der Waals surface area contributed by atoms with Crippen LogP contribution in [-0.4, -0.2) is 11.5 Å². The van der Waals surface area contributed by atoms with Crippen molar-refractivity contribution >= 4 is 24.1 Å². The van der Waals surface area contributed by atoms with Crippen molar-refractivity contribution in [2.24, 2.45) is 11.8 Å². The van der Waals surface area contributed by atoms with E-state index in [9.17, 15) is 0 Å². The Hall–Kier alpha value is 0.660. The summed E-state index contributed by atoms with van der Waals surface area (Å²) in [7, 11) is 0. The second-order valence-electron chi connectivity index (χ2n) is 5.47. The minimum Gasteiger partial charge on any atom is -0.247 e. The molecule has 0 saturated carbocycles. The summed E-state index contributed by atoms with van der Waals surface area (Å²) < 4.78 is 5.69. The first-order valence-electron chi connectivity index (χ1n) is 8.19. The minimum absolute atomic E-state index is 0.840. The van der Waals surface area contributed by atoms with Crippen LogP contribution in [0.5, 0.6) is 0 Å². The summed E-state index contributed by atoms with van der Waals surface area (Å²) in [5.74, 6) is 4.00. The molecule has 0 amide bonds. The number of rotatable bonds is 14. The predicted molar refractivity (Wildman–Crippen MR) is 92.6 cm³/mol. The largest absolute Gasteiger partial charge is 0.247 e. The maximum atomic E-state index is 5.69. The van der Waals surface area contributed by atoms with Gasteiger partial charge in [0.2, 0.25) is 0 Å². The lowest BCUT2D eigenvalue weighted by Crippen LogP contribution is -2.03. The minimum atomic E-state index is 0.840. The highest BCUT2D eigenvalue weighted by atomic mass is 32.2. The zero-order valence-corrected chi connectivity index (χ0v) is 15.1. The van der Waals surface area contributed by atoms with E-state index in [1.807, 2.05) is 0 Å². The second-order valence-corrected chi connectivity index (χ2v) is 7.15. The average Bonchev–Trinajstić information content (AvgIpc) is 2.45. The molecular formula is C16H34OS2. The fourth-order valence-electron chi connectivity index (χ4n) is 2.08. The van der Waals surface area contributed by atoms with Crippen molar-refractivity contribution in [3.63, 3.8) is 0 Å². The van der Waals surface area contributed by atoms with Crippen molar-refractivity contribution in [2.75, 3.05) is 11.5 Å². The van der Waals surface area contributed by atoms with Crippen LogP contribution in [0.3, 0.4) is 0 Å². The van der Waals surface area contributed by atoms with Crippen molar-refractivity contribution in [1.82, 2.24) is 0 Å². The van der Waals surface area contributed by atoms with E-state index in [1.54, 1.807) is 24.1 Å². The van der Waals surface area contributed by atoms with E-state index in [2.05, 4.69) is 27.7 Å². The van der Waals surface area contributed by atoms with Gasteiger partial charge < -0.3 is 0 Å². The highest BCUT2D eigenvalue weighted by Crippen LogP contribution is 2.26. The summed E-state index contributed by atoms with van der Waals surface area (Å²) in [6.45, 7) is 9.14. The lowest BCUT2D eigenvalue weighted by molar-refractivity contribution is 0.490. The molecule has 0 spiro atoms. The number of hydrogen-bond donors (Lipinski definition) is 0. The first kappa shape index (κ1) is 19.7. The zero-order valence-electron chi connectivity index (χ0n) is 13.5. The molecule has 0 radical (unpaired) electrons. The monoisotopic (exact) mass is 306 g/mol. The SMILES string of the molecule is CCCCC(CC)CSOSCC(CC)CCCC. The summed E-state index contributed by atoms with van der Waals surface area (Å²) in [6.07, 6.45) is 10.6. The van der Waals surface area contributed by atoms with Crippen molar-refractivity contribution in [1.29, 1.82) is 0 Å². The van der Waals surface area contributed by atoms with Crippen molar-refractivity contribution < 1.29 is 3.63 Å². The van der Waals surface area contributed by atoms with Crippen LogP contribution < -0.4 is 0 Å². The van der Waals surface area contributed by atoms with Crippen LogP contribution in [0.4, 0.5) is 0 Å². The van der Waals surface area contributed by atoms with Gasteiger partial charge in [0.25, 0.3) is 0 Å². The third kappa shape index (κ3) is 12.1. The van der Waals surface area contributed by atoms with Crippen LogP contribution in [0.15, 0.2) is 0 Å². The number of hydrogen-bond acceptors (Lipinski definition) is 3. The molecule has 0 N–H and O–H groups in total. The molecule has 0 aromatic carbocycles. The molecule has 0 aliphatic heterocycles. The standard InChI is InChI=1S/C16H34OS2/c1-5-9-11-15(7-3)13-18-17-19-14-16(8-4)12-10-6-2/h15-16H,5-14H2,1-4H3. The molecule has 0 aromatic heterocycles. The Bertz CT molecular complexity index is 158. The molecule has 0 aromatic rings. The van der Waals surface area contributed by atoms with Crippen LogP contribution in [0.1, 0.15) is 79.1 Å². The smallest absolute Gasteiger partial charge is 0.0238 e. The fourth-order valence-corrected chi connectivity index (χ4v) is 3.98. The lowest BCUT2D eigenvalue weighted by Gasteiger charge is -2.15. The molecule has 0 fully saturated rings. The molecule has 2 unspecified atom stereocenters. The quantitative estimate of drug-likeness (QED) is 0.260. The Morgan fingerprint density at radius 3 is 1.47 bits per heavy atom. The van der Waals surface area contributed by atoms with Gasteiger partial charge in [-0.25, -0.2) is 3.63 Å². The van der Waals surface area contributed by atoms with E-state index in [-0.39, 0.29) is 0 Å². The molecule has 0 saturated heterocycles. The van der Waals surface area contributed by atoms with E-state index < -0.39 is 0 Å². The zero-order chi connectivity index (χ0) is 14.3. The molecule has 19 heavy (non-hydrogen) atoms. The van der Waals surface area contributed by atoms with Crippen LogP contribution in [0.2, 0.25) is 0 Å². The van der Waals surface area contributed by atoms with Gasteiger partial charge in [0.1, 0.15) is 0 Å². The summed E-state index contributed by atoms with van der Waals surface area (Å²) in [5.41, 5.74) is 0. The third-order valence-electron chi connectivity index (χ3n) is 3.79. The Balaban J connectivity index is 3.50. The van der Waals surface area contributed by atoms with Gasteiger partial charge in [0.05, 0.1) is 0 Å². The second kappa shape index (κ2) is 15.1. The van der Waals surface area contributed by atoms with Gasteiger partial charge in [0, 0.05) is 35.6 Å². The Morgan fingerprint density at radius 1 is 0.737 bits per heavy atom. The number of unbranched alkanes of at least 4 members (excludes halogenated alkanes) is 2. The van der Waals surface area contributed by atoms with Crippen LogP contribution in [0.25, 0.3) is 0 Å². The molecule has 3 heteroatoms. The Kier molecular flexibility index (Phi) is 15.6. The van der Waals surface area contributed by atoms with Gasteiger partial charge in [-0.15, -0.1) is 0 Å². The molecule has 0 bridgehead atoms. The van der Waals surface area contributed by atoms with Crippen LogP contribution in [-0.2, 0) is 3.63 Å². The molecule has 0 aliphatic carbocycles. The molecule has 0 heterocycles. The van der Waals surface area contributed by atoms with Crippen molar-refractivity contribution in [2.45, 2.75) is 79.1 Å². The predicted octanol–water partition coefficient (Wildman–Crippen LogP) is 6.73. The van der Waals surface area contributed by atoms with Crippen molar-refractivity contribution in [3.05, 3.63) is 0 Å². The van der Waals surface area contributed by atoms with E-state index >= 15 is 0 Å². The first-order valence-corrected chi connectivity index (χ1v) is 10.0. The summed E-state index contributed by atoms with van der Waals surface area (Å²) in [5, 5.41) is 0. The highest BCUT2D eigenvalue weighted by molar-refractivity contribution is 8.07. The third-order valence-corrected chi connectivity index (χ3v) is 5.78. The molecule has 0 aliphatic rings. The average molecular weight is 307 g/mol. The van der Waals surface area contributed by atoms with Crippen LogP contribution in [0, 0.1) is 11.8 Å². The molecule has 2 atom stereocenters. The summed E-state index contributed by atoms with van der Waals surface area (Å²) in [6, 6.07) is 0. The van der Waals surface area contributed by atoms with Gasteiger partial charge >= 0.3 is 0 Å². The Labute approximate surface area is 130 Å². The highest BCUT2D eigenvalue weighted by Gasteiger charge is 2.09. The normalized spacial score (nSPS) is 14.5. The molecule has 1 nitrogen and oxygen atoms in total. The summed E-state index contributed by atoms with van der Waals surface area (Å²) >= 11 is 3.35. The molecule has 116 valence electrons. The van der Waals surface area contributed by atoms with Gasteiger partial charge in [-0.1, -0.05) is 66.2 Å². The fraction of sp³-hybridized carbons (Fsp3) is 1.00. The van der Waals surface area contributed by atoms with E-state index in [0.29, 0.717) is 0 Å². The van der Waals surface area contributed by atoms with Gasteiger partial charge in [-0.2, -0.15) is 0 Å². The Morgan fingerprint density at radius 2 is 1.16 bits per heavy atom. The van der Waals surface area contributed by atoms with E-state index in [0.717, 1.165) is 23.3 Å². The van der Waals surface area contributed by atoms with Crippen LogP contribution >= 0.6 is 24.1 Å². The van der Waals surface area contributed by atoms with E-state index in [1.165, 1.54) is 51.4 Å². The van der Waals surface area contributed by atoms with Gasteiger partial charge in [0.15, 0.2) is 0 Å². The maximum Gasteiger partial charge on any atom is 0.0238 e. The molecular weight excluding hydrogens is 272 g/mol. The maximum absolute atomic E-state index is 5.69. The van der Waals surface area contributed by atoms with Crippen molar-refractivity contribution in [3.8, 4) is 0 Å². The topological polar surface area (TPSA) is 9.23 Å². The van der Waals surface area contributed by atoms with Gasteiger partial charge in [-0.3, -0.25) is 0 Å². The van der Waals surface area contributed by atoms with Gasteiger partial charge in [-0.05, 0) is 24.7 Å². The lowest BCUT2D eigenvalue weighted by atomic mass is 10.0. The first-order chi connectivity index (χ1) is 9.28.